The highest BCUT2D eigenvalue weighted by atomic mass is 15.2. The van der Waals surface area contributed by atoms with Crippen molar-refractivity contribution in [2.24, 2.45) is 11.1 Å². The van der Waals surface area contributed by atoms with Crippen LogP contribution in [0.5, 0.6) is 0 Å². The van der Waals surface area contributed by atoms with Crippen molar-refractivity contribution in [2.75, 3.05) is 19.6 Å². The predicted octanol–water partition coefficient (Wildman–Crippen LogP) is 2.02. The molecule has 0 radical (unpaired) electrons. The van der Waals surface area contributed by atoms with E-state index in [1.807, 2.05) is 12.5 Å². The Hall–Kier alpha value is -0.870. The Morgan fingerprint density at radius 1 is 1.50 bits per heavy atom. The highest BCUT2D eigenvalue weighted by Crippen LogP contribution is 2.35. The number of rotatable bonds is 7. The van der Waals surface area contributed by atoms with Gasteiger partial charge in [-0.15, -0.1) is 0 Å². The van der Waals surface area contributed by atoms with Crippen molar-refractivity contribution in [3.63, 3.8) is 0 Å². The average Bonchev–Trinajstić information content (AvgIpc) is 3.09. The summed E-state index contributed by atoms with van der Waals surface area (Å²) in [6.45, 7) is 10.5. The minimum Gasteiger partial charge on any atom is -0.330 e. The fraction of sp³-hybridized carbons (Fsp3) is 0.786. The third kappa shape index (κ3) is 3.33. The van der Waals surface area contributed by atoms with E-state index in [4.69, 9.17) is 5.73 Å². The van der Waals surface area contributed by atoms with E-state index in [0.29, 0.717) is 6.04 Å². The molecule has 1 aliphatic rings. The molecular weight excluding hydrogens is 224 g/mol. The SMILES string of the molecule is CCN(Cc1cncn1C1CC1)CC(C)(C)CN. The van der Waals surface area contributed by atoms with E-state index >= 15 is 0 Å². The molecule has 0 bridgehead atoms. The van der Waals surface area contributed by atoms with Gasteiger partial charge in [0.1, 0.15) is 0 Å². The first-order valence-electron chi connectivity index (χ1n) is 6.99. The number of nitrogens with two attached hydrogens (primary N) is 1. The number of aromatic nitrogens is 2. The molecular formula is C14H26N4. The number of nitrogens with zero attached hydrogens (tertiary/aromatic N) is 3. The molecule has 0 aliphatic heterocycles. The molecule has 0 saturated heterocycles. The molecule has 2 N–H and O–H groups in total. The molecule has 1 fully saturated rings. The van der Waals surface area contributed by atoms with Crippen LogP contribution in [0.4, 0.5) is 0 Å². The van der Waals surface area contributed by atoms with Gasteiger partial charge in [-0.3, -0.25) is 4.90 Å². The van der Waals surface area contributed by atoms with E-state index in [2.05, 4.69) is 35.2 Å². The fourth-order valence-electron chi connectivity index (χ4n) is 2.31. The Kier molecular flexibility index (Phi) is 4.07. The number of imidazole rings is 1. The summed E-state index contributed by atoms with van der Waals surface area (Å²) in [6, 6.07) is 0.712. The second-order valence-electron chi connectivity index (χ2n) is 6.20. The van der Waals surface area contributed by atoms with Crippen LogP contribution in [0.15, 0.2) is 12.5 Å². The highest BCUT2D eigenvalue weighted by molar-refractivity contribution is 5.03. The minimum atomic E-state index is 0.181. The molecule has 18 heavy (non-hydrogen) atoms. The summed E-state index contributed by atoms with van der Waals surface area (Å²) in [5.74, 6) is 0. The van der Waals surface area contributed by atoms with Gasteiger partial charge in [0.05, 0.1) is 12.0 Å². The summed E-state index contributed by atoms with van der Waals surface area (Å²) < 4.78 is 2.35. The smallest absolute Gasteiger partial charge is 0.0951 e. The largest absolute Gasteiger partial charge is 0.330 e. The minimum absolute atomic E-state index is 0.181. The van der Waals surface area contributed by atoms with Crippen LogP contribution in [-0.2, 0) is 6.54 Å². The zero-order valence-corrected chi connectivity index (χ0v) is 11.9. The molecule has 0 unspecified atom stereocenters. The molecule has 0 amide bonds. The zero-order valence-electron chi connectivity index (χ0n) is 11.9. The van der Waals surface area contributed by atoms with Crippen LogP contribution < -0.4 is 5.73 Å². The van der Waals surface area contributed by atoms with Crippen LogP contribution in [0.1, 0.15) is 45.3 Å². The second-order valence-corrected chi connectivity index (χ2v) is 6.20. The summed E-state index contributed by atoms with van der Waals surface area (Å²) in [6.07, 6.45) is 6.61. The van der Waals surface area contributed by atoms with Crippen molar-refractivity contribution in [3.05, 3.63) is 18.2 Å². The van der Waals surface area contributed by atoms with Crippen LogP contribution >= 0.6 is 0 Å². The van der Waals surface area contributed by atoms with Gasteiger partial charge in [0.15, 0.2) is 0 Å². The lowest BCUT2D eigenvalue weighted by molar-refractivity contribution is 0.180. The standard InChI is InChI=1S/C14H26N4/c1-4-17(10-14(2,3)9-15)8-13-7-16-11-18(13)12-5-6-12/h7,11-12H,4-6,8-10,15H2,1-3H3. The third-order valence-corrected chi connectivity index (χ3v) is 3.72. The topological polar surface area (TPSA) is 47.1 Å². The Morgan fingerprint density at radius 3 is 2.78 bits per heavy atom. The molecule has 0 atom stereocenters. The van der Waals surface area contributed by atoms with Gasteiger partial charge < -0.3 is 10.3 Å². The molecule has 0 spiro atoms. The lowest BCUT2D eigenvalue weighted by Gasteiger charge is -2.31. The Labute approximate surface area is 110 Å². The molecule has 4 nitrogen and oxygen atoms in total. The maximum atomic E-state index is 5.83. The van der Waals surface area contributed by atoms with Crippen LogP contribution in [-0.4, -0.2) is 34.1 Å². The van der Waals surface area contributed by atoms with Gasteiger partial charge in [-0.25, -0.2) is 4.98 Å². The molecule has 1 aromatic rings. The van der Waals surface area contributed by atoms with E-state index in [1.165, 1.54) is 18.5 Å². The van der Waals surface area contributed by atoms with Crippen molar-refractivity contribution in [1.29, 1.82) is 0 Å². The summed E-state index contributed by atoms with van der Waals surface area (Å²) in [7, 11) is 0. The summed E-state index contributed by atoms with van der Waals surface area (Å²) in [5, 5.41) is 0. The molecule has 2 rings (SSSR count). The normalized spacial score (nSPS) is 16.5. The van der Waals surface area contributed by atoms with Gasteiger partial charge in [0, 0.05) is 25.3 Å². The average molecular weight is 250 g/mol. The van der Waals surface area contributed by atoms with Crippen LogP contribution in [0.2, 0.25) is 0 Å². The van der Waals surface area contributed by atoms with Crippen LogP contribution in [0.25, 0.3) is 0 Å². The molecule has 0 aromatic carbocycles. The van der Waals surface area contributed by atoms with E-state index < -0.39 is 0 Å². The van der Waals surface area contributed by atoms with Crippen molar-refractivity contribution >= 4 is 0 Å². The summed E-state index contributed by atoms with van der Waals surface area (Å²) in [5.41, 5.74) is 7.35. The van der Waals surface area contributed by atoms with Crippen molar-refractivity contribution in [3.8, 4) is 0 Å². The second kappa shape index (κ2) is 5.41. The fourth-order valence-corrected chi connectivity index (χ4v) is 2.31. The molecule has 1 saturated carbocycles. The van der Waals surface area contributed by atoms with E-state index in [9.17, 15) is 0 Å². The molecule has 1 aromatic heterocycles. The maximum Gasteiger partial charge on any atom is 0.0951 e. The van der Waals surface area contributed by atoms with Gasteiger partial charge in [-0.2, -0.15) is 0 Å². The first-order chi connectivity index (χ1) is 8.55. The number of hydrogen-bond donors (Lipinski definition) is 1. The van der Waals surface area contributed by atoms with Crippen molar-refractivity contribution in [2.45, 2.75) is 46.2 Å². The maximum absolute atomic E-state index is 5.83. The monoisotopic (exact) mass is 250 g/mol. The van der Waals surface area contributed by atoms with E-state index in [0.717, 1.165) is 26.2 Å². The van der Waals surface area contributed by atoms with Gasteiger partial charge in [0.25, 0.3) is 0 Å². The van der Waals surface area contributed by atoms with Crippen molar-refractivity contribution in [1.82, 2.24) is 14.5 Å². The summed E-state index contributed by atoms with van der Waals surface area (Å²) >= 11 is 0. The quantitative estimate of drug-likeness (QED) is 0.805. The van der Waals surface area contributed by atoms with Gasteiger partial charge in [-0.1, -0.05) is 20.8 Å². The first kappa shape index (κ1) is 13.6. The zero-order chi connectivity index (χ0) is 13.2. The lowest BCUT2D eigenvalue weighted by Crippen LogP contribution is -2.38. The Morgan fingerprint density at radius 2 is 2.22 bits per heavy atom. The Balaban J connectivity index is 1.99. The Bertz CT molecular complexity index is 379. The van der Waals surface area contributed by atoms with Crippen LogP contribution in [0.3, 0.4) is 0 Å². The molecule has 4 heteroatoms. The molecule has 102 valence electrons. The lowest BCUT2D eigenvalue weighted by atomic mass is 9.93. The van der Waals surface area contributed by atoms with E-state index in [1.54, 1.807) is 0 Å². The van der Waals surface area contributed by atoms with Gasteiger partial charge in [0.2, 0.25) is 0 Å². The van der Waals surface area contributed by atoms with Gasteiger partial charge >= 0.3 is 0 Å². The molecule has 1 aliphatic carbocycles. The third-order valence-electron chi connectivity index (χ3n) is 3.72. The van der Waals surface area contributed by atoms with E-state index in [-0.39, 0.29) is 5.41 Å². The van der Waals surface area contributed by atoms with Crippen molar-refractivity contribution < 1.29 is 0 Å². The highest BCUT2D eigenvalue weighted by Gasteiger charge is 2.26. The summed E-state index contributed by atoms with van der Waals surface area (Å²) in [4.78, 5) is 6.76. The van der Waals surface area contributed by atoms with Crippen LogP contribution in [0, 0.1) is 5.41 Å². The predicted molar refractivity (Wildman–Crippen MR) is 74.3 cm³/mol. The molecule has 1 heterocycles. The first-order valence-corrected chi connectivity index (χ1v) is 6.99. The number of hydrogen-bond acceptors (Lipinski definition) is 3. The van der Waals surface area contributed by atoms with Gasteiger partial charge in [-0.05, 0) is 31.3 Å².